The van der Waals surface area contributed by atoms with E-state index in [4.69, 9.17) is 9.84 Å². The zero-order valence-corrected chi connectivity index (χ0v) is 22.8. The third kappa shape index (κ3) is 4.99. The average Bonchev–Trinajstić information content (AvgIpc) is 3.49. The van der Waals surface area contributed by atoms with Gasteiger partial charge < -0.3 is 4.74 Å². The van der Waals surface area contributed by atoms with E-state index in [9.17, 15) is 4.79 Å². The predicted octanol–water partition coefficient (Wildman–Crippen LogP) is 7.71. The first-order valence-corrected chi connectivity index (χ1v) is 14.1. The Bertz CT molecular complexity index is 1560. The van der Waals surface area contributed by atoms with E-state index in [1.165, 1.54) is 11.8 Å². The highest BCUT2D eigenvalue weighted by molar-refractivity contribution is 8.28. The quantitative estimate of drug-likeness (QED) is 0.231. The molecule has 2 aliphatic heterocycles. The molecular formula is C32H25N3O2S2. The van der Waals surface area contributed by atoms with Crippen molar-refractivity contribution < 1.29 is 9.53 Å². The monoisotopic (exact) mass is 547 g/mol. The standard InChI is InChI=1S/C32H25N3O2S2/c1-37-28-20-17-25(18-21-28)23-29-31(36)34(26-13-7-3-8-14-26)32(38-29)35(27-15-9-4-10-16-27)33-30(39-32)22-19-24-11-5-2-6-12-24/h2-23H,1H3/b22-19+,29-23-. The van der Waals surface area contributed by atoms with Gasteiger partial charge in [-0.25, -0.2) is 5.01 Å². The molecule has 0 radical (unpaired) electrons. The number of carbonyl (C=O) groups is 1. The predicted molar refractivity (Wildman–Crippen MR) is 165 cm³/mol. The number of benzene rings is 4. The van der Waals surface area contributed by atoms with Gasteiger partial charge in [0.05, 0.1) is 17.7 Å². The SMILES string of the molecule is COc1ccc(/C=C2\SC3(SC(/C=C/c4ccccc4)=NN3c3ccccc3)N(c3ccccc3)C2=O)cc1. The number of hydrazone groups is 1. The van der Waals surface area contributed by atoms with Gasteiger partial charge in [0.15, 0.2) is 0 Å². The van der Waals surface area contributed by atoms with Gasteiger partial charge in [-0.1, -0.05) is 96.7 Å². The van der Waals surface area contributed by atoms with Gasteiger partial charge in [0.1, 0.15) is 10.8 Å². The van der Waals surface area contributed by atoms with Crippen LogP contribution in [0.3, 0.4) is 0 Å². The van der Waals surface area contributed by atoms with Gasteiger partial charge in [-0.05, 0) is 71.4 Å². The van der Waals surface area contributed by atoms with Crippen LogP contribution in [0.5, 0.6) is 5.75 Å². The van der Waals surface area contributed by atoms with E-state index in [1.807, 2.05) is 125 Å². The Morgan fingerprint density at radius 2 is 1.33 bits per heavy atom. The van der Waals surface area contributed by atoms with E-state index in [0.29, 0.717) is 4.91 Å². The van der Waals surface area contributed by atoms with Gasteiger partial charge in [0.2, 0.25) is 4.33 Å². The molecule has 192 valence electrons. The summed E-state index contributed by atoms with van der Waals surface area (Å²) in [5.41, 5.74) is 3.73. The highest BCUT2D eigenvalue weighted by atomic mass is 32.2. The van der Waals surface area contributed by atoms with E-state index in [-0.39, 0.29) is 5.91 Å². The largest absolute Gasteiger partial charge is 0.497 e. The fraction of sp³-hybridized carbons (Fsp3) is 0.0625. The van der Waals surface area contributed by atoms with Gasteiger partial charge in [0.25, 0.3) is 5.91 Å². The summed E-state index contributed by atoms with van der Waals surface area (Å²) < 4.78 is 4.43. The fourth-order valence-corrected chi connectivity index (χ4v) is 7.33. The number of para-hydroxylation sites is 2. The summed E-state index contributed by atoms with van der Waals surface area (Å²) in [5.74, 6) is 0.703. The molecule has 1 fully saturated rings. The Kier molecular flexibility index (Phi) is 7.00. The lowest BCUT2D eigenvalue weighted by Gasteiger charge is -2.38. The Morgan fingerprint density at radius 1 is 0.718 bits per heavy atom. The molecule has 1 unspecified atom stereocenters. The van der Waals surface area contributed by atoms with Crippen molar-refractivity contribution in [1.29, 1.82) is 0 Å². The minimum atomic E-state index is -0.881. The molecule has 0 aromatic heterocycles. The molecule has 0 aliphatic carbocycles. The number of methoxy groups -OCH3 is 1. The number of nitrogens with zero attached hydrogens (tertiary/aromatic N) is 3. The van der Waals surface area contributed by atoms with E-state index >= 15 is 0 Å². The minimum Gasteiger partial charge on any atom is -0.497 e. The lowest BCUT2D eigenvalue weighted by molar-refractivity contribution is -0.114. The summed E-state index contributed by atoms with van der Waals surface area (Å²) in [5, 5.41) is 7.83. The first-order valence-electron chi connectivity index (χ1n) is 12.5. The molecule has 4 aromatic rings. The van der Waals surface area contributed by atoms with Crippen LogP contribution in [0.25, 0.3) is 12.2 Å². The summed E-state index contributed by atoms with van der Waals surface area (Å²) in [4.78, 5) is 16.7. The van der Waals surface area contributed by atoms with Crippen LogP contribution < -0.4 is 14.6 Å². The number of anilines is 2. The Hall–Kier alpha value is -4.20. The van der Waals surface area contributed by atoms with Crippen molar-refractivity contribution in [3.63, 3.8) is 0 Å². The summed E-state index contributed by atoms with van der Waals surface area (Å²) in [6.45, 7) is 0. The second kappa shape index (κ2) is 10.9. The highest BCUT2D eigenvalue weighted by Gasteiger charge is 2.58. The van der Waals surface area contributed by atoms with E-state index < -0.39 is 4.33 Å². The second-order valence-corrected chi connectivity index (χ2v) is 11.5. The molecule has 1 saturated heterocycles. The van der Waals surface area contributed by atoms with Crippen LogP contribution in [0.4, 0.5) is 11.4 Å². The molecule has 0 N–H and O–H groups in total. The second-order valence-electron chi connectivity index (χ2n) is 8.84. The summed E-state index contributed by atoms with van der Waals surface area (Å²) in [6, 6.07) is 37.7. The van der Waals surface area contributed by atoms with Crippen LogP contribution in [-0.2, 0) is 4.79 Å². The summed E-state index contributed by atoms with van der Waals surface area (Å²) in [6.07, 6.45) is 6.01. The van der Waals surface area contributed by atoms with Crippen molar-refractivity contribution in [2.45, 2.75) is 4.33 Å². The maximum atomic E-state index is 14.2. The van der Waals surface area contributed by atoms with E-state index in [0.717, 1.165) is 33.3 Å². The van der Waals surface area contributed by atoms with E-state index in [1.54, 1.807) is 18.9 Å². The smallest absolute Gasteiger partial charge is 0.268 e. The number of hydrogen-bond acceptors (Lipinski definition) is 6. The molecule has 7 heteroatoms. The molecule has 1 amide bonds. The van der Waals surface area contributed by atoms with E-state index in [2.05, 4.69) is 18.2 Å². The Morgan fingerprint density at radius 3 is 1.97 bits per heavy atom. The lowest BCUT2D eigenvalue weighted by Crippen LogP contribution is -2.51. The van der Waals surface area contributed by atoms with Crippen molar-refractivity contribution in [1.82, 2.24) is 0 Å². The zero-order valence-electron chi connectivity index (χ0n) is 21.2. The van der Waals surface area contributed by atoms with Crippen LogP contribution >= 0.6 is 23.5 Å². The van der Waals surface area contributed by atoms with Gasteiger partial charge in [-0.2, -0.15) is 5.10 Å². The number of ether oxygens (including phenoxy) is 1. The number of thioether (sulfide) groups is 2. The normalized spacial score (nSPS) is 19.9. The Balaban J connectivity index is 1.46. The van der Waals surface area contributed by atoms with Crippen LogP contribution in [0.1, 0.15) is 11.1 Å². The van der Waals surface area contributed by atoms with Crippen LogP contribution in [-0.4, -0.2) is 22.4 Å². The van der Waals surface area contributed by atoms with Crippen LogP contribution in [0.15, 0.2) is 131 Å². The molecule has 5 nitrogen and oxygen atoms in total. The number of rotatable bonds is 6. The molecule has 2 aliphatic rings. The molecule has 1 atom stereocenters. The molecule has 1 spiro atoms. The first kappa shape index (κ1) is 25.1. The highest BCUT2D eigenvalue weighted by Crippen LogP contribution is 2.59. The number of hydrogen-bond donors (Lipinski definition) is 0. The van der Waals surface area contributed by atoms with Crippen LogP contribution in [0.2, 0.25) is 0 Å². The van der Waals surface area contributed by atoms with Gasteiger partial charge in [-0.3, -0.25) is 9.69 Å². The molecule has 39 heavy (non-hydrogen) atoms. The summed E-state index contributed by atoms with van der Waals surface area (Å²) >= 11 is 3.08. The molecule has 0 bridgehead atoms. The molecular weight excluding hydrogens is 523 g/mol. The molecule has 4 aromatic carbocycles. The third-order valence-electron chi connectivity index (χ3n) is 6.29. The van der Waals surface area contributed by atoms with Crippen molar-refractivity contribution in [3.8, 4) is 5.75 Å². The summed E-state index contributed by atoms with van der Waals surface area (Å²) in [7, 11) is 1.64. The van der Waals surface area contributed by atoms with Gasteiger partial charge in [-0.15, -0.1) is 0 Å². The molecule has 0 saturated carbocycles. The topological polar surface area (TPSA) is 45.1 Å². The zero-order chi connectivity index (χ0) is 26.7. The van der Waals surface area contributed by atoms with Crippen molar-refractivity contribution in [2.24, 2.45) is 5.10 Å². The molecule has 2 heterocycles. The third-order valence-corrected chi connectivity index (χ3v) is 8.97. The van der Waals surface area contributed by atoms with Crippen molar-refractivity contribution in [2.75, 3.05) is 17.0 Å². The Labute approximate surface area is 236 Å². The lowest BCUT2D eigenvalue weighted by atomic mass is 10.2. The maximum Gasteiger partial charge on any atom is 0.268 e. The molecule has 6 rings (SSSR count). The fourth-order valence-electron chi connectivity index (χ4n) is 4.43. The average molecular weight is 548 g/mol. The minimum absolute atomic E-state index is 0.0704. The first-order chi connectivity index (χ1) is 19.2. The van der Waals surface area contributed by atoms with Gasteiger partial charge in [0, 0.05) is 5.69 Å². The number of amides is 1. The van der Waals surface area contributed by atoms with Crippen molar-refractivity contribution in [3.05, 3.63) is 137 Å². The van der Waals surface area contributed by atoms with Gasteiger partial charge >= 0.3 is 0 Å². The van der Waals surface area contributed by atoms with Crippen molar-refractivity contribution >= 4 is 58.0 Å². The van der Waals surface area contributed by atoms with Crippen LogP contribution in [0, 0.1) is 0 Å². The maximum absolute atomic E-state index is 14.2. The number of carbonyl (C=O) groups excluding carboxylic acids is 1.